The molecule has 17 heavy (non-hydrogen) atoms. The third-order valence-corrected chi connectivity index (χ3v) is 2.80. The highest BCUT2D eigenvalue weighted by Gasteiger charge is 2.29. The molecule has 0 spiro atoms. The van der Waals surface area contributed by atoms with Crippen molar-refractivity contribution in [1.82, 2.24) is 0 Å². The first-order valence-corrected chi connectivity index (χ1v) is 6.60. The maximum absolute atomic E-state index is 10.9. The zero-order valence-electron chi connectivity index (χ0n) is 11.1. The van der Waals surface area contributed by atoms with Crippen molar-refractivity contribution < 1.29 is 19.0 Å². The molecule has 0 bridgehead atoms. The normalized spacial score (nSPS) is 29.0. The number of hydrogen-bond acceptors (Lipinski definition) is 4. The summed E-state index contributed by atoms with van der Waals surface area (Å²) in [5.74, 6) is -0.297. The summed E-state index contributed by atoms with van der Waals surface area (Å²) in [6.07, 6.45) is 5.68. The van der Waals surface area contributed by atoms with Crippen molar-refractivity contribution in [3.63, 3.8) is 0 Å². The topological polar surface area (TPSA) is 44.8 Å². The zero-order chi connectivity index (χ0) is 12.7. The van der Waals surface area contributed by atoms with E-state index in [2.05, 4.69) is 6.92 Å². The summed E-state index contributed by atoms with van der Waals surface area (Å²) in [6, 6.07) is 0. The average Bonchev–Trinajstić information content (AvgIpc) is 2.22. The van der Waals surface area contributed by atoms with E-state index in [4.69, 9.17) is 14.2 Å². The predicted octanol–water partition coefficient (Wildman–Crippen LogP) is 3.00. The molecule has 0 N–H and O–H groups in total. The lowest BCUT2D eigenvalue weighted by atomic mass is 10.1. The van der Waals surface area contributed by atoms with Gasteiger partial charge >= 0.3 is 5.97 Å². The van der Waals surface area contributed by atoms with Gasteiger partial charge in [-0.2, -0.15) is 0 Å². The van der Waals surface area contributed by atoms with Gasteiger partial charge in [-0.05, 0) is 19.8 Å². The zero-order valence-corrected chi connectivity index (χ0v) is 11.1. The number of ether oxygens (including phenoxy) is 3. The van der Waals surface area contributed by atoms with Crippen molar-refractivity contribution in [2.75, 3.05) is 0 Å². The van der Waals surface area contributed by atoms with Crippen LogP contribution < -0.4 is 0 Å². The van der Waals surface area contributed by atoms with E-state index in [0.29, 0.717) is 6.42 Å². The number of unbranched alkanes of at least 4 members (excludes halogenated alkanes) is 3. The fourth-order valence-corrected chi connectivity index (χ4v) is 1.98. The van der Waals surface area contributed by atoms with E-state index >= 15 is 0 Å². The molecule has 1 heterocycles. The minimum Gasteiger partial charge on any atom is -0.436 e. The molecule has 0 radical (unpaired) electrons. The van der Waals surface area contributed by atoms with Gasteiger partial charge in [-0.3, -0.25) is 4.79 Å². The molecule has 1 aliphatic rings. The SMILES string of the molecule is CCCCCC[C@@H]1O[C@H](OC(C)=O)C[C@H](C)O1. The van der Waals surface area contributed by atoms with E-state index in [-0.39, 0.29) is 18.4 Å². The van der Waals surface area contributed by atoms with Crippen LogP contribution in [0.5, 0.6) is 0 Å². The van der Waals surface area contributed by atoms with Crippen LogP contribution in [-0.2, 0) is 19.0 Å². The smallest absolute Gasteiger partial charge is 0.304 e. The lowest BCUT2D eigenvalue weighted by molar-refractivity contribution is -0.296. The second kappa shape index (κ2) is 7.67. The molecular weight excluding hydrogens is 220 g/mol. The molecule has 4 nitrogen and oxygen atoms in total. The van der Waals surface area contributed by atoms with Gasteiger partial charge in [0.2, 0.25) is 6.29 Å². The predicted molar refractivity (Wildman–Crippen MR) is 64.4 cm³/mol. The Morgan fingerprint density at radius 1 is 1.29 bits per heavy atom. The fraction of sp³-hybridized carbons (Fsp3) is 0.923. The molecule has 1 aliphatic heterocycles. The molecular formula is C13H24O4. The number of esters is 1. The molecule has 0 aliphatic carbocycles. The second-order valence-corrected chi connectivity index (χ2v) is 4.64. The molecule has 0 aromatic heterocycles. The van der Waals surface area contributed by atoms with Gasteiger partial charge < -0.3 is 14.2 Å². The Morgan fingerprint density at radius 3 is 2.71 bits per heavy atom. The Labute approximate surface area is 104 Å². The Morgan fingerprint density at radius 2 is 2.06 bits per heavy atom. The summed E-state index contributed by atoms with van der Waals surface area (Å²) in [5.41, 5.74) is 0. The number of carbonyl (C=O) groups excluding carboxylic acids is 1. The standard InChI is InChI=1S/C13H24O4/c1-4-5-6-7-8-12-15-10(2)9-13(17-12)16-11(3)14/h10,12-13H,4-9H2,1-3H3/t10-,12-,13-/m0/s1. The first-order valence-electron chi connectivity index (χ1n) is 6.60. The maximum Gasteiger partial charge on any atom is 0.304 e. The van der Waals surface area contributed by atoms with Crippen LogP contribution in [0.3, 0.4) is 0 Å². The molecule has 0 aromatic rings. The minimum atomic E-state index is -0.438. The summed E-state index contributed by atoms with van der Waals surface area (Å²) in [6.45, 7) is 5.57. The first-order chi connectivity index (χ1) is 8.11. The first kappa shape index (κ1) is 14.5. The minimum absolute atomic E-state index is 0.0873. The summed E-state index contributed by atoms with van der Waals surface area (Å²) in [5, 5.41) is 0. The fourth-order valence-electron chi connectivity index (χ4n) is 1.98. The van der Waals surface area contributed by atoms with Crippen LogP contribution >= 0.6 is 0 Å². The van der Waals surface area contributed by atoms with Crippen molar-refractivity contribution in [1.29, 1.82) is 0 Å². The molecule has 3 atom stereocenters. The van der Waals surface area contributed by atoms with E-state index in [0.717, 1.165) is 12.8 Å². The van der Waals surface area contributed by atoms with Gasteiger partial charge in [0, 0.05) is 13.3 Å². The number of rotatable bonds is 6. The molecule has 1 fully saturated rings. The molecule has 4 heteroatoms. The Bertz CT molecular complexity index is 229. The van der Waals surface area contributed by atoms with E-state index in [1.807, 2.05) is 6.92 Å². The third-order valence-electron chi connectivity index (χ3n) is 2.80. The average molecular weight is 244 g/mol. The third kappa shape index (κ3) is 6.03. The van der Waals surface area contributed by atoms with Crippen LogP contribution in [0.4, 0.5) is 0 Å². The summed E-state index contributed by atoms with van der Waals surface area (Å²) in [4.78, 5) is 10.9. The van der Waals surface area contributed by atoms with E-state index < -0.39 is 6.29 Å². The molecule has 0 saturated carbocycles. The summed E-state index contributed by atoms with van der Waals surface area (Å²) >= 11 is 0. The summed E-state index contributed by atoms with van der Waals surface area (Å²) < 4.78 is 16.3. The van der Waals surface area contributed by atoms with Crippen LogP contribution in [0.1, 0.15) is 59.3 Å². The lowest BCUT2D eigenvalue weighted by Crippen LogP contribution is -2.39. The van der Waals surface area contributed by atoms with Crippen molar-refractivity contribution in [2.45, 2.75) is 78.0 Å². The number of hydrogen-bond donors (Lipinski definition) is 0. The van der Waals surface area contributed by atoms with E-state index in [9.17, 15) is 4.79 Å². The van der Waals surface area contributed by atoms with Crippen LogP contribution in [0, 0.1) is 0 Å². The van der Waals surface area contributed by atoms with Crippen LogP contribution in [-0.4, -0.2) is 24.7 Å². The highest BCUT2D eigenvalue weighted by atomic mass is 16.8. The molecule has 1 saturated heterocycles. The Balaban J connectivity index is 2.26. The van der Waals surface area contributed by atoms with E-state index in [1.165, 1.54) is 26.2 Å². The Kier molecular flexibility index (Phi) is 6.52. The van der Waals surface area contributed by atoms with Gasteiger partial charge in [0.05, 0.1) is 6.10 Å². The van der Waals surface area contributed by atoms with E-state index in [1.54, 1.807) is 0 Å². The van der Waals surface area contributed by atoms with Crippen molar-refractivity contribution in [3.05, 3.63) is 0 Å². The Hall–Kier alpha value is -0.610. The lowest BCUT2D eigenvalue weighted by Gasteiger charge is -2.33. The second-order valence-electron chi connectivity index (χ2n) is 4.64. The monoisotopic (exact) mass is 244 g/mol. The number of carbonyl (C=O) groups is 1. The van der Waals surface area contributed by atoms with Crippen LogP contribution in [0.25, 0.3) is 0 Å². The summed E-state index contributed by atoms with van der Waals surface area (Å²) in [7, 11) is 0. The van der Waals surface area contributed by atoms with Crippen molar-refractivity contribution in [2.24, 2.45) is 0 Å². The van der Waals surface area contributed by atoms with Gasteiger partial charge in [-0.1, -0.05) is 26.2 Å². The molecule has 0 amide bonds. The van der Waals surface area contributed by atoms with Crippen molar-refractivity contribution in [3.8, 4) is 0 Å². The molecule has 100 valence electrons. The van der Waals surface area contributed by atoms with Gasteiger partial charge in [0.15, 0.2) is 6.29 Å². The highest BCUT2D eigenvalue weighted by Crippen LogP contribution is 2.22. The maximum atomic E-state index is 10.9. The van der Waals surface area contributed by atoms with Crippen LogP contribution in [0.15, 0.2) is 0 Å². The van der Waals surface area contributed by atoms with Crippen LogP contribution in [0.2, 0.25) is 0 Å². The molecule has 1 rings (SSSR count). The van der Waals surface area contributed by atoms with Gasteiger partial charge in [0.25, 0.3) is 0 Å². The quantitative estimate of drug-likeness (QED) is 0.532. The van der Waals surface area contributed by atoms with Gasteiger partial charge in [0.1, 0.15) is 0 Å². The largest absolute Gasteiger partial charge is 0.436 e. The van der Waals surface area contributed by atoms with Gasteiger partial charge in [-0.15, -0.1) is 0 Å². The van der Waals surface area contributed by atoms with Gasteiger partial charge in [-0.25, -0.2) is 0 Å². The van der Waals surface area contributed by atoms with Crippen molar-refractivity contribution >= 4 is 5.97 Å². The molecule has 0 aromatic carbocycles. The highest BCUT2D eigenvalue weighted by molar-refractivity contribution is 5.66. The molecule has 0 unspecified atom stereocenters.